The number of anilines is 1. The van der Waals surface area contributed by atoms with Crippen LogP contribution in [0.2, 0.25) is 0 Å². The number of rotatable bonds is 3. The van der Waals surface area contributed by atoms with Crippen molar-refractivity contribution in [1.82, 2.24) is 4.98 Å². The van der Waals surface area contributed by atoms with Gasteiger partial charge in [-0.3, -0.25) is 0 Å². The van der Waals surface area contributed by atoms with Crippen molar-refractivity contribution >= 4 is 27.2 Å². The normalized spacial score (nSPS) is 15.8. The lowest BCUT2D eigenvalue weighted by atomic mass is 10.3. The van der Waals surface area contributed by atoms with Gasteiger partial charge >= 0.3 is 0 Å². The smallest absolute Gasteiger partial charge is 0.0907 e. The van der Waals surface area contributed by atoms with E-state index in [2.05, 4.69) is 35.4 Å². The molecule has 15 heavy (non-hydrogen) atoms. The van der Waals surface area contributed by atoms with Crippen LogP contribution in [0.5, 0.6) is 0 Å². The van der Waals surface area contributed by atoms with Gasteiger partial charge in [0.2, 0.25) is 0 Å². The minimum absolute atomic E-state index is 0.920. The SMILES string of the molecule is Cc1nc2ccc(NCC3CC3)cc2s1. The first-order valence-corrected chi connectivity index (χ1v) is 6.24. The number of fused-ring (bicyclic) bond motifs is 1. The summed E-state index contributed by atoms with van der Waals surface area (Å²) in [5, 5.41) is 4.63. The van der Waals surface area contributed by atoms with Crippen molar-refractivity contribution in [3.63, 3.8) is 0 Å². The third-order valence-corrected chi connectivity index (χ3v) is 3.72. The Bertz CT molecular complexity index is 485. The van der Waals surface area contributed by atoms with Crippen LogP contribution in [0.25, 0.3) is 10.2 Å². The molecule has 0 radical (unpaired) electrons. The lowest BCUT2D eigenvalue weighted by Crippen LogP contribution is -2.02. The Hall–Kier alpha value is -1.09. The zero-order chi connectivity index (χ0) is 10.3. The molecule has 1 aromatic carbocycles. The molecular formula is C12H14N2S. The largest absolute Gasteiger partial charge is 0.385 e. The van der Waals surface area contributed by atoms with Crippen LogP contribution in [0.3, 0.4) is 0 Å². The van der Waals surface area contributed by atoms with Crippen molar-refractivity contribution < 1.29 is 0 Å². The monoisotopic (exact) mass is 218 g/mol. The van der Waals surface area contributed by atoms with E-state index in [1.807, 2.05) is 0 Å². The van der Waals surface area contributed by atoms with Crippen LogP contribution in [0.15, 0.2) is 18.2 Å². The van der Waals surface area contributed by atoms with Crippen molar-refractivity contribution in [2.45, 2.75) is 19.8 Å². The zero-order valence-electron chi connectivity index (χ0n) is 8.79. The van der Waals surface area contributed by atoms with E-state index in [1.165, 1.54) is 23.2 Å². The van der Waals surface area contributed by atoms with Gasteiger partial charge in [-0.2, -0.15) is 0 Å². The van der Waals surface area contributed by atoms with Gasteiger partial charge in [-0.15, -0.1) is 11.3 Å². The number of hydrogen-bond donors (Lipinski definition) is 1. The quantitative estimate of drug-likeness (QED) is 0.853. The Morgan fingerprint density at radius 1 is 1.47 bits per heavy atom. The maximum Gasteiger partial charge on any atom is 0.0907 e. The summed E-state index contributed by atoms with van der Waals surface area (Å²) in [4.78, 5) is 4.45. The molecule has 0 aliphatic heterocycles. The van der Waals surface area contributed by atoms with Crippen LogP contribution in [-0.4, -0.2) is 11.5 Å². The van der Waals surface area contributed by atoms with E-state index < -0.39 is 0 Å². The molecule has 0 saturated heterocycles. The van der Waals surface area contributed by atoms with Crippen molar-refractivity contribution in [2.24, 2.45) is 5.92 Å². The molecule has 0 amide bonds. The van der Waals surface area contributed by atoms with Crippen LogP contribution in [-0.2, 0) is 0 Å². The summed E-state index contributed by atoms with van der Waals surface area (Å²) < 4.78 is 1.29. The molecule has 1 aromatic heterocycles. The van der Waals surface area contributed by atoms with Gasteiger partial charge < -0.3 is 5.32 Å². The van der Waals surface area contributed by atoms with E-state index in [-0.39, 0.29) is 0 Å². The van der Waals surface area contributed by atoms with E-state index in [1.54, 1.807) is 11.3 Å². The summed E-state index contributed by atoms with van der Waals surface area (Å²) in [6.45, 7) is 3.19. The zero-order valence-corrected chi connectivity index (χ0v) is 9.60. The molecule has 0 spiro atoms. The number of aromatic nitrogens is 1. The Balaban J connectivity index is 1.84. The fourth-order valence-corrected chi connectivity index (χ4v) is 2.60. The van der Waals surface area contributed by atoms with Crippen LogP contribution in [0.4, 0.5) is 5.69 Å². The number of nitrogens with zero attached hydrogens (tertiary/aromatic N) is 1. The molecule has 1 aliphatic rings. The van der Waals surface area contributed by atoms with E-state index >= 15 is 0 Å². The lowest BCUT2D eigenvalue weighted by molar-refractivity contribution is 0.890. The van der Waals surface area contributed by atoms with Crippen molar-refractivity contribution in [3.8, 4) is 0 Å². The third-order valence-electron chi connectivity index (χ3n) is 2.79. The van der Waals surface area contributed by atoms with Crippen LogP contribution >= 0.6 is 11.3 Å². The van der Waals surface area contributed by atoms with E-state index in [0.29, 0.717) is 0 Å². The van der Waals surface area contributed by atoms with Gasteiger partial charge in [-0.05, 0) is 43.9 Å². The molecule has 1 saturated carbocycles. The topological polar surface area (TPSA) is 24.9 Å². The predicted molar refractivity (Wildman–Crippen MR) is 65.6 cm³/mol. The fourth-order valence-electron chi connectivity index (χ4n) is 1.73. The minimum Gasteiger partial charge on any atom is -0.385 e. The minimum atomic E-state index is 0.920. The van der Waals surface area contributed by atoms with Crippen LogP contribution < -0.4 is 5.32 Å². The highest BCUT2D eigenvalue weighted by atomic mass is 32.1. The predicted octanol–water partition coefficient (Wildman–Crippen LogP) is 3.43. The number of aryl methyl sites for hydroxylation is 1. The third kappa shape index (κ3) is 1.97. The van der Waals surface area contributed by atoms with Gasteiger partial charge in [0.1, 0.15) is 0 Å². The Labute approximate surface area is 93.3 Å². The van der Waals surface area contributed by atoms with Gasteiger partial charge in [0.05, 0.1) is 15.2 Å². The van der Waals surface area contributed by atoms with Crippen LogP contribution in [0, 0.1) is 12.8 Å². The van der Waals surface area contributed by atoms with E-state index in [4.69, 9.17) is 0 Å². The van der Waals surface area contributed by atoms with Crippen molar-refractivity contribution in [1.29, 1.82) is 0 Å². The highest BCUT2D eigenvalue weighted by molar-refractivity contribution is 7.18. The molecule has 3 rings (SSSR count). The van der Waals surface area contributed by atoms with Gasteiger partial charge in [-0.1, -0.05) is 0 Å². The maximum atomic E-state index is 4.45. The molecule has 3 heteroatoms. The first-order valence-electron chi connectivity index (χ1n) is 5.42. The molecule has 1 fully saturated rings. The Kier molecular flexibility index (Phi) is 2.13. The van der Waals surface area contributed by atoms with E-state index in [9.17, 15) is 0 Å². The Morgan fingerprint density at radius 3 is 3.13 bits per heavy atom. The van der Waals surface area contributed by atoms with Gasteiger partial charge in [0.15, 0.2) is 0 Å². The molecule has 0 unspecified atom stereocenters. The lowest BCUT2D eigenvalue weighted by Gasteiger charge is -2.04. The second kappa shape index (κ2) is 3.49. The maximum absolute atomic E-state index is 4.45. The van der Waals surface area contributed by atoms with E-state index in [0.717, 1.165) is 23.0 Å². The molecule has 1 aliphatic carbocycles. The first kappa shape index (κ1) is 9.16. The summed E-state index contributed by atoms with van der Waals surface area (Å²) in [5.74, 6) is 0.920. The first-order chi connectivity index (χ1) is 7.31. The average Bonchev–Trinajstić information content (AvgIpc) is 2.96. The molecule has 2 aromatic rings. The van der Waals surface area contributed by atoms with Crippen LogP contribution in [0.1, 0.15) is 17.8 Å². The van der Waals surface area contributed by atoms with Gasteiger partial charge in [0, 0.05) is 12.2 Å². The standard InChI is InChI=1S/C12H14N2S/c1-8-14-11-5-4-10(6-12(11)15-8)13-7-9-2-3-9/h4-6,9,13H,2-3,7H2,1H3. The number of thiazole rings is 1. The van der Waals surface area contributed by atoms with Gasteiger partial charge in [0.25, 0.3) is 0 Å². The summed E-state index contributed by atoms with van der Waals surface area (Å²) in [7, 11) is 0. The molecule has 2 nitrogen and oxygen atoms in total. The molecule has 0 atom stereocenters. The Morgan fingerprint density at radius 2 is 2.33 bits per heavy atom. The second-order valence-corrected chi connectivity index (χ2v) is 5.47. The summed E-state index contributed by atoms with van der Waals surface area (Å²) in [5.41, 5.74) is 2.35. The molecule has 0 bridgehead atoms. The van der Waals surface area contributed by atoms with Gasteiger partial charge in [-0.25, -0.2) is 4.98 Å². The highest BCUT2D eigenvalue weighted by Gasteiger charge is 2.20. The molecule has 78 valence electrons. The molecule has 1 heterocycles. The highest BCUT2D eigenvalue weighted by Crippen LogP contribution is 2.30. The number of benzene rings is 1. The molecule has 1 N–H and O–H groups in total. The number of hydrogen-bond acceptors (Lipinski definition) is 3. The summed E-state index contributed by atoms with van der Waals surface area (Å²) >= 11 is 1.77. The van der Waals surface area contributed by atoms with Crippen molar-refractivity contribution in [2.75, 3.05) is 11.9 Å². The summed E-state index contributed by atoms with van der Waals surface area (Å²) in [6, 6.07) is 6.44. The number of nitrogens with one attached hydrogen (secondary N) is 1. The fraction of sp³-hybridized carbons (Fsp3) is 0.417. The second-order valence-electron chi connectivity index (χ2n) is 4.24. The molecular weight excluding hydrogens is 204 g/mol. The average molecular weight is 218 g/mol. The van der Waals surface area contributed by atoms with Crippen molar-refractivity contribution in [3.05, 3.63) is 23.2 Å². The summed E-state index contributed by atoms with van der Waals surface area (Å²) in [6.07, 6.45) is 2.80.